The normalized spacial score (nSPS) is 22.5. The predicted octanol–water partition coefficient (Wildman–Crippen LogP) is 2.65. The number of amides is 2. The highest BCUT2D eigenvalue weighted by Crippen LogP contribution is 2.38. The van der Waals surface area contributed by atoms with Crippen LogP contribution in [0.1, 0.15) is 13.3 Å². The maximum Gasteiger partial charge on any atom is 0.338 e. The lowest BCUT2D eigenvalue weighted by molar-refractivity contribution is 0.117. The van der Waals surface area contributed by atoms with E-state index in [1.54, 1.807) is 45.9 Å². The Morgan fingerprint density at radius 1 is 1.16 bits per heavy atom. The zero-order valence-electron chi connectivity index (χ0n) is 17.8. The molecule has 2 N–H and O–H groups in total. The minimum atomic E-state index is -3.68. The van der Waals surface area contributed by atoms with Gasteiger partial charge in [-0.1, -0.05) is 23.4 Å². The Kier molecular flexibility index (Phi) is 5.47. The van der Waals surface area contributed by atoms with Gasteiger partial charge in [-0.25, -0.2) is 18.2 Å². The van der Waals surface area contributed by atoms with E-state index in [9.17, 15) is 13.2 Å². The lowest BCUT2D eigenvalue weighted by Gasteiger charge is -2.38. The maximum absolute atomic E-state index is 13.1. The van der Waals surface area contributed by atoms with Crippen LogP contribution in [-0.2, 0) is 10.0 Å². The van der Waals surface area contributed by atoms with Gasteiger partial charge < -0.3 is 14.8 Å². The van der Waals surface area contributed by atoms with Gasteiger partial charge in [0.1, 0.15) is 10.1 Å². The van der Waals surface area contributed by atoms with Crippen LogP contribution >= 0.6 is 23.4 Å². The molecular formula is C20H25ClN6O3S2. The number of halogens is 1. The van der Waals surface area contributed by atoms with E-state index in [0.29, 0.717) is 30.0 Å². The molecule has 0 saturated carbocycles. The summed E-state index contributed by atoms with van der Waals surface area (Å²) in [6.45, 7) is 3.92. The van der Waals surface area contributed by atoms with Crippen LogP contribution in [0.5, 0.6) is 0 Å². The van der Waals surface area contributed by atoms with Gasteiger partial charge in [-0.2, -0.15) is 4.31 Å². The number of H-pyrrole nitrogens is 1. The van der Waals surface area contributed by atoms with Gasteiger partial charge in [-0.15, -0.1) is 0 Å². The number of hydrogen-bond donors (Lipinski definition) is 2. The van der Waals surface area contributed by atoms with E-state index in [4.69, 9.17) is 11.6 Å². The fourth-order valence-corrected chi connectivity index (χ4v) is 7.05. The molecular weight excluding hydrogens is 472 g/mol. The van der Waals surface area contributed by atoms with Crippen LogP contribution in [-0.4, -0.2) is 83.7 Å². The fourth-order valence-electron chi connectivity index (χ4n) is 4.26. The lowest BCUT2D eigenvalue weighted by Crippen LogP contribution is -2.57. The second-order valence-corrected chi connectivity index (χ2v) is 11.8. The van der Waals surface area contributed by atoms with E-state index in [1.165, 1.54) is 10.0 Å². The predicted molar refractivity (Wildman–Crippen MR) is 125 cm³/mol. The van der Waals surface area contributed by atoms with Crippen molar-refractivity contribution >= 4 is 50.3 Å². The summed E-state index contributed by atoms with van der Waals surface area (Å²) in [7, 11) is -1.61. The Hall–Kier alpha value is -2.08. The first-order valence-electron chi connectivity index (χ1n) is 10.5. The van der Waals surface area contributed by atoms with Crippen LogP contribution < -0.4 is 5.43 Å². The quantitative estimate of drug-likeness (QED) is 0.664. The molecule has 1 aromatic carbocycles. The number of rotatable bonds is 2. The Morgan fingerprint density at radius 2 is 1.91 bits per heavy atom. The van der Waals surface area contributed by atoms with Crippen molar-refractivity contribution in [2.24, 2.45) is 0 Å². The number of nitrogens with zero attached hydrogens (tertiary/aromatic N) is 4. The molecule has 1 saturated heterocycles. The Balaban J connectivity index is 1.24. The van der Waals surface area contributed by atoms with Crippen LogP contribution in [0.3, 0.4) is 0 Å². The molecule has 3 aliphatic heterocycles. The number of nitrogens with one attached hydrogen (secondary N) is 2. The number of aromatic nitrogens is 1. The molecule has 2 amide bonds. The fraction of sp³-hybridized carbons (Fsp3) is 0.450. The van der Waals surface area contributed by atoms with E-state index in [-0.39, 0.29) is 24.1 Å². The highest BCUT2D eigenvalue weighted by molar-refractivity contribution is 8.03. The van der Waals surface area contributed by atoms with Crippen molar-refractivity contribution in [2.75, 3.05) is 39.8 Å². The summed E-state index contributed by atoms with van der Waals surface area (Å²) in [5.41, 5.74) is 5.21. The van der Waals surface area contributed by atoms with Crippen molar-refractivity contribution in [1.29, 1.82) is 0 Å². The minimum absolute atomic E-state index is 0.114. The molecule has 32 heavy (non-hydrogen) atoms. The SMILES string of the molecule is CC1SC2=C(CCN(C(=O)N3CCN(S(=O)(=O)c4cc5cc(Cl)ccc5[nH]4)CC3)N2)N1C. The summed E-state index contributed by atoms with van der Waals surface area (Å²) in [5.74, 6) is 0. The molecule has 3 aliphatic rings. The number of piperazine rings is 1. The molecule has 12 heteroatoms. The number of hydrogen-bond acceptors (Lipinski definition) is 6. The average Bonchev–Trinajstić information content (AvgIpc) is 3.33. The van der Waals surface area contributed by atoms with Crippen molar-refractivity contribution in [2.45, 2.75) is 23.7 Å². The third kappa shape index (κ3) is 3.70. The lowest BCUT2D eigenvalue weighted by atomic mass is 10.2. The van der Waals surface area contributed by atoms with Crippen molar-refractivity contribution in [1.82, 2.24) is 29.5 Å². The van der Waals surface area contributed by atoms with Gasteiger partial charge in [-0.05, 0) is 31.2 Å². The van der Waals surface area contributed by atoms with Crippen molar-refractivity contribution in [3.8, 4) is 0 Å². The van der Waals surface area contributed by atoms with Crippen LogP contribution in [0.25, 0.3) is 10.9 Å². The molecule has 0 bridgehead atoms. The average molecular weight is 497 g/mol. The van der Waals surface area contributed by atoms with Gasteiger partial charge in [0.05, 0.1) is 5.37 Å². The van der Waals surface area contributed by atoms with Gasteiger partial charge in [0.2, 0.25) is 0 Å². The first-order chi connectivity index (χ1) is 15.2. The molecule has 4 heterocycles. The van der Waals surface area contributed by atoms with Gasteiger partial charge >= 0.3 is 6.03 Å². The molecule has 1 aromatic heterocycles. The van der Waals surface area contributed by atoms with E-state index in [0.717, 1.165) is 22.4 Å². The Labute approximate surface area is 196 Å². The topological polar surface area (TPSA) is 92.0 Å². The van der Waals surface area contributed by atoms with Gasteiger partial charge in [0.15, 0.2) is 0 Å². The number of thioether (sulfide) groups is 1. The van der Waals surface area contributed by atoms with E-state index < -0.39 is 10.0 Å². The molecule has 0 aliphatic carbocycles. The van der Waals surface area contributed by atoms with Crippen LogP contribution in [0.4, 0.5) is 4.79 Å². The van der Waals surface area contributed by atoms with E-state index >= 15 is 0 Å². The largest absolute Gasteiger partial charge is 0.364 e. The van der Waals surface area contributed by atoms with Gasteiger partial charge in [0, 0.05) is 67.8 Å². The van der Waals surface area contributed by atoms with Crippen LogP contribution in [0, 0.1) is 0 Å². The number of aromatic amines is 1. The third-order valence-electron chi connectivity index (χ3n) is 6.25. The summed E-state index contributed by atoms with van der Waals surface area (Å²) < 4.78 is 27.7. The maximum atomic E-state index is 13.1. The zero-order chi connectivity index (χ0) is 22.6. The summed E-state index contributed by atoms with van der Waals surface area (Å²) in [6, 6.07) is 6.71. The highest BCUT2D eigenvalue weighted by atomic mass is 35.5. The molecule has 0 spiro atoms. The van der Waals surface area contributed by atoms with E-state index in [2.05, 4.69) is 29.3 Å². The monoisotopic (exact) mass is 496 g/mol. The number of urea groups is 1. The summed E-state index contributed by atoms with van der Waals surface area (Å²) in [6.07, 6.45) is 0.806. The Bertz CT molecular complexity index is 1210. The first-order valence-corrected chi connectivity index (χ1v) is 13.2. The van der Waals surface area contributed by atoms with E-state index in [1.807, 2.05) is 0 Å². The number of sulfonamides is 1. The van der Waals surface area contributed by atoms with Gasteiger partial charge in [0.25, 0.3) is 10.0 Å². The third-order valence-corrected chi connectivity index (χ3v) is 9.52. The second-order valence-electron chi connectivity index (χ2n) is 8.16. The molecule has 9 nitrogen and oxygen atoms in total. The van der Waals surface area contributed by atoms with Crippen molar-refractivity contribution < 1.29 is 13.2 Å². The molecule has 0 radical (unpaired) electrons. The molecule has 1 atom stereocenters. The molecule has 1 unspecified atom stereocenters. The standard InChI is InChI=1S/C20H25ClN6O3S2/c1-13-24(2)17-5-6-27(23-19(17)31-13)20(28)25-7-9-26(10-8-25)32(29,30)18-12-14-11-15(21)3-4-16(14)22-18/h3-4,11-13,22-23H,5-10H2,1-2H3. The molecule has 172 valence electrons. The minimum Gasteiger partial charge on any atom is -0.364 e. The smallest absolute Gasteiger partial charge is 0.338 e. The molecule has 5 rings (SSSR count). The van der Waals surface area contributed by atoms with Gasteiger partial charge in [-0.3, -0.25) is 5.43 Å². The number of carbonyl (C=O) groups is 1. The summed E-state index contributed by atoms with van der Waals surface area (Å²) in [5, 5.41) is 4.46. The molecule has 1 fully saturated rings. The number of benzene rings is 1. The van der Waals surface area contributed by atoms with Crippen molar-refractivity contribution in [3.63, 3.8) is 0 Å². The zero-order valence-corrected chi connectivity index (χ0v) is 20.2. The second kappa shape index (κ2) is 8.05. The van der Waals surface area contributed by atoms with Crippen LogP contribution in [0.15, 0.2) is 40.0 Å². The first kappa shape index (κ1) is 21.7. The molecule has 2 aromatic rings. The van der Waals surface area contributed by atoms with Crippen molar-refractivity contribution in [3.05, 3.63) is 40.0 Å². The summed E-state index contributed by atoms with van der Waals surface area (Å²) in [4.78, 5) is 20.0. The van der Waals surface area contributed by atoms with Crippen LogP contribution in [0.2, 0.25) is 5.02 Å². The summed E-state index contributed by atoms with van der Waals surface area (Å²) >= 11 is 7.73. The number of carbonyl (C=O) groups excluding carboxylic acids is 1. The number of fused-ring (bicyclic) bond motifs is 1. The Morgan fingerprint density at radius 3 is 2.66 bits per heavy atom. The highest BCUT2D eigenvalue weighted by Gasteiger charge is 2.36. The number of hydrazine groups is 1.